The maximum absolute atomic E-state index is 6.33. The smallest absolute Gasteiger partial charge is 0.143 e. The molecular weight excluding hydrogens is 1650 g/mol. The summed E-state index contributed by atoms with van der Waals surface area (Å²) >= 11 is 0. The Balaban J connectivity index is 0.000000106. The van der Waals surface area contributed by atoms with E-state index >= 15 is 0 Å². The number of nitrogens with zero attached hydrogens (tertiary/aromatic N) is 6. The van der Waals surface area contributed by atoms with Gasteiger partial charge < -0.3 is 22.1 Å². The molecule has 0 radical (unpaired) electrons. The minimum Gasteiger partial charge on any atom is -0.456 e. The van der Waals surface area contributed by atoms with Gasteiger partial charge in [-0.2, -0.15) is 0 Å². The fraction of sp³-hybridized carbons (Fsp3) is 0. The molecule has 0 aliphatic heterocycles. The fourth-order valence-electron chi connectivity index (χ4n) is 19.8. The summed E-state index contributed by atoms with van der Waals surface area (Å²) < 4.78 is 31.1. The van der Waals surface area contributed by atoms with E-state index in [2.05, 4.69) is 285 Å². The molecule has 0 unspecified atom stereocenters. The molecule has 28 aromatic rings. The Morgan fingerprint density at radius 2 is 0.348 bits per heavy atom. The number of hydrogen-bond acceptors (Lipinski definition) is 11. The van der Waals surface area contributed by atoms with E-state index in [-0.39, 0.29) is 0 Å². The van der Waals surface area contributed by atoms with Gasteiger partial charge >= 0.3 is 0 Å². The zero-order valence-corrected chi connectivity index (χ0v) is 72.4. The number of para-hydroxylation sites is 12. The molecule has 8 heterocycles. The maximum atomic E-state index is 6.33. The van der Waals surface area contributed by atoms with Gasteiger partial charge in [0, 0.05) is 92.8 Å². The highest BCUT2D eigenvalue weighted by molar-refractivity contribution is 6.18. The van der Waals surface area contributed by atoms with Crippen molar-refractivity contribution in [2.45, 2.75) is 0 Å². The first-order chi connectivity index (χ1) is 66.9. The molecule has 20 aromatic carbocycles. The largest absolute Gasteiger partial charge is 0.456 e. The van der Waals surface area contributed by atoms with Crippen molar-refractivity contribution in [3.05, 3.63) is 449 Å². The second kappa shape index (κ2) is 32.4. The van der Waals surface area contributed by atoms with Crippen molar-refractivity contribution >= 4 is 154 Å². The quantitative estimate of drug-likeness (QED) is 0.122. The minimum absolute atomic E-state index is 0.845. The lowest BCUT2D eigenvalue weighted by Crippen LogP contribution is -1.97. The predicted octanol–water partition coefficient (Wildman–Crippen LogP) is 33.9. The van der Waals surface area contributed by atoms with Crippen LogP contribution in [0.4, 0.5) is 0 Å². The fourth-order valence-corrected chi connectivity index (χ4v) is 19.8. The molecule has 0 atom stereocenters. The third-order valence-electron chi connectivity index (χ3n) is 26.1. The molecule has 0 spiro atoms. The monoisotopic (exact) mass is 1730 g/mol. The van der Waals surface area contributed by atoms with E-state index in [4.69, 9.17) is 52.0 Å². The van der Waals surface area contributed by atoms with Crippen molar-refractivity contribution < 1.29 is 22.1 Å². The van der Waals surface area contributed by atoms with Gasteiger partial charge in [-0.25, -0.2) is 29.9 Å². The van der Waals surface area contributed by atoms with Gasteiger partial charge in [0.1, 0.15) is 55.8 Å². The van der Waals surface area contributed by atoms with Crippen molar-refractivity contribution in [2.24, 2.45) is 0 Å². The molecule has 135 heavy (non-hydrogen) atoms. The summed E-state index contributed by atoms with van der Waals surface area (Å²) in [5, 5.41) is 13.5. The molecule has 11 nitrogen and oxygen atoms in total. The Hall–Kier alpha value is -18.3. The molecule has 0 bridgehead atoms. The molecule has 630 valence electrons. The van der Waals surface area contributed by atoms with E-state index < -0.39 is 0 Å². The standard InChI is InChI=1S/2C44H26N2O2.C36H22N2O/c1-5-16-38-33(9-1)34-13-7-12-32(44(34)48-38)28-21-25-30(26-22-28)43-42(45-36-14-3-4-15-37(36)46-43)29-23-19-27(20-24-29)31-11-8-18-40-41(31)35-10-2-6-17-39(35)47-40;1-5-15-37-33(9-1)41-31(11-7-17-39(41)47-37)27-19-23-29(24-20-27)43-44(46-36-14-4-3-13-35(36)45-43)30-25-21-28(22-26-30)32-12-8-18-40-42(32)34-10-2-6-16-38(34)48-40;1-2-11-23(12-3-1)24-21-22-27(26-14-5-4-13-25(24)26)35-36(38-31-18-8-7-17-30(31)37-35)29-16-10-20-33-34(29)28-15-6-9-19-32(28)39-33/h2*1-26H;1-22H. The number of benzene rings is 20. The summed E-state index contributed by atoms with van der Waals surface area (Å²) in [4.78, 5) is 31.1. The van der Waals surface area contributed by atoms with Gasteiger partial charge in [0.15, 0.2) is 0 Å². The van der Waals surface area contributed by atoms with Crippen molar-refractivity contribution in [3.63, 3.8) is 0 Å². The maximum Gasteiger partial charge on any atom is 0.143 e. The third-order valence-corrected chi connectivity index (χ3v) is 26.1. The summed E-state index contributed by atoms with van der Waals surface area (Å²) in [5.41, 5.74) is 36.6. The van der Waals surface area contributed by atoms with E-state index in [0.29, 0.717) is 0 Å². The van der Waals surface area contributed by atoms with Crippen LogP contribution in [0, 0.1) is 0 Å². The number of hydrogen-bond donors (Lipinski definition) is 0. The highest BCUT2D eigenvalue weighted by atomic mass is 16.3. The first kappa shape index (κ1) is 77.8. The highest BCUT2D eigenvalue weighted by Gasteiger charge is 2.25. The van der Waals surface area contributed by atoms with Crippen LogP contribution < -0.4 is 0 Å². The lowest BCUT2D eigenvalue weighted by molar-refractivity contribution is 0.668. The third kappa shape index (κ3) is 13.6. The zero-order valence-electron chi connectivity index (χ0n) is 72.4. The van der Waals surface area contributed by atoms with Gasteiger partial charge in [0.2, 0.25) is 0 Å². The molecule has 0 fully saturated rings. The van der Waals surface area contributed by atoms with Gasteiger partial charge in [-0.05, 0) is 152 Å². The van der Waals surface area contributed by atoms with Crippen LogP contribution in [0.1, 0.15) is 0 Å². The van der Waals surface area contributed by atoms with Crippen molar-refractivity contribution in [1.82, 2.24) is 29.9 Å². The summed E-state index contributed by atoms with van der Waals surface area (Å²) in [6, 6.07) is 155. The number of aromatic nitrogens is 6. The van der Waals surface area contributed by atoms with E-state index in [9.17, 15) is 0 Å². The second-order valence-electron chi connectivity index (χ2n) is 34.0. The summed E-state index contributed by atoms with van der Waals surface area (Å²) in [7, 11) is 0. The highest BCUT2D eigenvalue weighted by Crippen LogP contribution is 2.48. The Kier molecular flexibility index (Phi) is 18.7. The van der Waals surface area contributed by atoms with Crippen molar-refractivity contribution in [2.75, 3.05) is 0 Å². The molecule has 28 rings (SSSR count). The van der Waals surface area contributed by atoms with E-state index in [1.54, 1.807) is 0 Å². The van der Waals surface area contributed by atoms with Crippen LogP contribution in [0.15, 0.2) is 471 Å². The number of rotatable bonds is 11. The van der Waals surface area contributed by atoms with E-state index in [1.165, 1.54) is 16.5 Å². The molecule has 11 heteroatoms. The molecule has 0 saturated heterocycles. The predicted molar refractivity (Wildman–Crippen MR) is 552 cm³/mol. The van der Waals surface area contributed by atoms with Crippen LogP contribution in [0.25, 0.3) is 277 Å². The molecule has 0 aliphatic carbocycles. The van der Waals surface area contributed by atoms with Crippen LogP contribution in [0.2, 0.25) is 0 Å². The average Bonchev–Trinajstić information content (AvgIpc) is 1.19. The molecule has 0 N–H and O–H groups in total. The first-order valence-electron chi connectivity index (χ1n) is 45.2. The van der Waals surface area contributed by atoms with Crippen LogP contribution >= 0.6 is 0 Å². The van der Waals surface area contributed by atoms with Crippen molar-refractivity contribution in [3.8, 4) is 123 Å². The second-order valence-corrected chi connectivity index (χ2v) is 34.0. The van der Waals surface area contributed by atoms with Gasteiger partial charge in [-0.1, -0.05) is 358 Å². The van der Waals surface area contributed by atoms with E-state index in [1.807, 2.05) is 164 Å². The van der Waals surface area contributed by atoms with Gasteiger partial charge in [-0.15, -0.1) is 0 Å². The SMILES string of the molecule is c1ccc(-c2ccc(-c3nc4ccccc4nc3-c3cccc4oc5ccccc5c34)c3ccccc23)cc1.c1ccc2nc(-c3ccc(-c4cccc5oc6ccccc6c45)cc3)c(-c3ccc(-c4cccc5c4oc4ccccc45)cc3)nc2c1.c1ccc2nc(-c3ccc(-c4cccc5oc6ccccc6c45)cc3)c(-c3ccc(-c4cccc5oc6ccccc6c45)cc3)nc2c1. The minimum atomic E-state index is 0.845. The van der Waals surface area contributed by atoms with Crippen LogP contribution in [-0.4, -0.2) is 29.9 Å². The summed E-state index contributed by atoms with van der Waals surface area (Å²) in [6.07, 6.45) is 0. The lowest BCUT2D eigenvalue weighted by atomic mass is 9.92. The van der Waals surface area contributed by atoms with Crippen LogP contribution in [-0.2, 0) is 0 Å². The molecule has 0 saturated carbocycles. The number of fused-ring (bicyclic) bond motifs is 19. The normalized spacial score (nSPS) is 11.7. The topological polar surface area (TPSA) is 143 Å². The molecular formula is C124H74N6O5. The Labute approximate surface area is 772 Å². The van der Waals surface area contributed by atoms with Crippen LogP contribution in [0.3, 0.4) is 0 Å². The summed E-state index contributed by atoms with van der Waals surface area (Å²) in [5.74, 6) is 0. The summed E-state index contributed by atoms with van der Waals surface area (Å²) in [6.45, 7) is 0. The Morgan fingerprint density at radius 1 is 0.119 bits per heavy atom. The molecule has 0 amide bonds. The van der Waals surface area contributed by atoms with Gasteiger partial charge in [0.05, 0.1) is 67.3 Å². The molecule has 0 aliphatic rings. The van der Waals surface area contributed by atoms with E-state index in [0.717, 1.165) is 260 Å². The molecule has 8 aromatic heterocycles. The average molecular weight is 1730 g/mol. The van der Waals surface area contributed by atoms with Crippen LogP contribution in [0.5, 0.6) is 0 Å². The van der Waals surface area contributed by atoms with Crippen molar-refractivity contribution in [1.29, 1.82) is 0 Å². The van der Waals surface area contributed by atoms with Gasteiger partial charge in [-0.3, -0.25) is 0 Å². The number of furan rings is 5. The Bertz CT molecular complexity index is 9360. The zero-order chi connectivity index (χ0) is 89.0. The lowest BCUT2D eigenvalue weighted by Gasteiger charge is -2.15. The van der Waals surface area contributed by atoms with Gasteiger partial charge in [0.25, 0.3) is 0 Å². The Morgan fingerprint density at radius 3 is 0.719 bits per heavy atom. The first-order valence-corrected chi connectivity index (χ1v) is 45.2.